The Kier molecular flexibility index (Phi) is 4.47. The van der Waals surface area contributed by atoms with Crippen molar-refractivity contribution in [3.63, 3.8) is 0 Å². The fourth-order valence-corrected chi connectivity index (χ4v) is 2.51. The Morgan fingerprint density at radius 1 is 1.36 bits per heavy atom. The Hall–Kier alpha value is -2.23. The number of benzene rings is 1. The molecule has 0 radical (unpaired) electrons. The Morgan fingerprint density at radius 3 is 2.86 bits per heavy atom. The lowest BCUT2D eigenvalue weighted by atomic mass is 10.1. The summed E-state index contributed by atoms with van der Waals surface area (Å²) in [6.07, 6.45) is 2.48. The lowest BCUT2D eigenvalue weighted by Gasteiger charge is -2.18. The van der Waals surface area contributed by atoms with Crippen LogP contribution < -0.4 is 5.32 Å². The van der Waals surface area contributed by atoms with Crippen LogP contribution in [0.25, 0.3) is 11.5 Å². The van der Waals surface area contributed by atoms with Crippen LogP contribution in [-0.2, 0) is 11.3 Å². The first kappa shape index (κ1) is 14.7. The van der Waals surface area contributed by atoms with Crippen molar-refractivity contribution in [1.29, 1.82) is 5.26 Å². The van der Waals surface area contributed by atoms with Gasteiger partial charge >= 0.3 is 0 Å². The monoisotopic (exact) mass is 298 g/mol. The highest BCUT2D eigenvalue weighted by Crippen LogP contribution is 2.19. The molecule has 1 N–H and O–H groups in total. The number of nitriles is 1. The molecule has 22 heavy (non-hydrogen) atoms. The van der Waals surface area contributed by atoms with Crippen molar-refractivity contribution in [2.45, 2.75) is 38.5 Å². The number of hydrogen-bond acceptors (Lipinski definition) is 6. The van der Waals surface area contributed by atoms with E-state index in [1.165, 1.54) is 0 Å². The maximum absolute atomic E-state index is 8.80. The normalized spacial score (nSPS) is 19.0. The molecule has 0 saturated carbocycles. The maximum atomic E-state index is 8.80. The van der Waals surface area contributed by atoms with Crippen molar-refractivity contribution >= 4 is 0 Å². The molecular formula is C16H18N4O2. The van der Waals surface area contributed by atoms with Crippen LogP contribution in [0.5, 0.6) is 0 Å². The molecule has 2 heterocycles. The van der Waals surface area contributed by atoms with Gasteiger partial charge in [-0.25, -0.2) is 0 Å². The van der Waals surface area contributed by atoms with Gasteiger partial charge in [-0.2, -0.15) is 5.26 Å². The van der Waals surface area contributed by atoms with E-state index < -0.39 is 0 Å². The smallest absolute Gasteiger partial charge is 0.247 e. The predicted molar refractivity (Wildman–Crippen MR) is 79.7 cm³/mol. The molecule has 1 saturated heterocycles. The second kappa shape index (κ2) is 6.69. The highest BCUT2D eigenvalue weighted by atomic mass is 16.5. The average molecular weight is 298 g/mol. The van der Waals surface area contributed by atoms with E-state index in [0.29, 0.717) is 23.9 Å². The molecule has 1 aromatic carbocycles. The molecule has 0 aliphatic carbocycles. The van der Waals surface area contributed by atoms with Gasteiger partial charge in [-0.1, -0.05) is 0 Å². The minimum Gasteiger partial charge on any atom is -0.419 e. The van der Waals surface area contributed by atoms with Crippen molar-refractivity contribution in [1.82, 2.24) is 15.5 Å². The minimum atomic E-state index is 0.257. The number of nitrogens with one attached hydrogen (secondary N) is 1. The molecule has 2 atom stereocenters. The molecule has 6 nitrogen and oxygen atoms in total. The Morgan fingerprint density at radius 2 is 2.18 bits per heavy atom. The van der Waals surface area contributed by atoms with Crippen LogP contribution in [-0.4, -0.2) is 29.0 Å². The maximum Gasteiger partial charge on any atom is 0.247 e. The third kappa shape index (κ3) is 3.32. The second-order valence-electron chi connectivity index (χ2n) is 5.41. The average Bonchev–Trinajstić information content (AvgIpc) is 3.24. The molecule has 2 unspecified atom stereocenters. The van der Waals surface area contributed by atoms with Crippen LogP contribution in [0.15, 0.2) is 28.7 Å². The summed E-state index contributed by atoms with van der Waals surface area (Å²) in [5.74, 6) is 1.01. The van der Waals surface area contributed by atoms with Crippen LogP contribution in [0.1, 0.15) is 31.2 Å². The predicted octanol–water partition coefficient (Wildman–Crippen LogP) is 2.27. The van der Waals surface area contributed by atoms with Crippen LogP contribution in [0.3, 0.4) is 0 Å². The summed E-state index contributed by atoms with van der Waals surface area (Å²) in [6, 6.07) is 9.41. The van der Waals surface area contributed by atoms with Gasteiger partial charge in [0, 0.05) is 18.2 Å². The molecule has 1 fully saturated rings. The SMILES string of the molecule is CC(NCc1nnc(-c2ccc(C#N)cc2)o1)C1CCCO1. The minimum absolute atomic E-state index is 0.257. The molecule has 3 rings (SSSR count). The zero-order chi connectivity index (χ0) is 15.4. The molecular weight excluding hydrogens is 280 g/mol. The van der Waals surface area contributed by atoms with Crippen molar-refractivity contribution in [3.05, 3.63) is 35.7 Å². The number of ether oxygens (including phenoxy) is 1. The molecule has 0 amide bonds. The summed E-state index contributed by atoms with van der Waals surface area (Å²) < 4.78 is 11.3. The molecule has 114 valence electrons. The van der Waals surface area contributed by atoms with E-state index in [1.807, 2.05) is 0 Å². The van der Waals surface area contributed by atoms with Crippen molar-refractivity contribution in [3.8, 4) is 17.5 Å². The highest BCUT2D eigenvalue weighted by molar-refractivity contribution is 5.54. The van der Waals surface area contributed by atoms with Crippen LogP contribution in [0, 0.1) is 11.3 Å². The lowest BCUT2D eigenvalue weighted by molar-refractivity contribution is 0.0824. The zero-order valence-corrected chi connectivity index (χ0v) is 12.5. The molecule has 1 aliphatic heterocycles. The van der Waals surface area contributed by atoms with Gasteiger partial charge in [0.1, 0.15) is 0 Å². The Balaban J connectivity index is 1.59. The largest absolute Gasteiger partial charge is 0.419 e. The highest BCUT2D eigenvalue weighted by Gasteiger charge is 2.22. The fourth-order valence-electron chi connectivity index (χ4n) is 2.51. The van der Waals surface area contributed by atoms with Gasteiger partial charge in [0.15, 0.2) is 0 Å². The van der Waals surface area contributed by atoms with Gasteiger partial charge in [-0.05, 0) is 44.0 Å². The third-order valence-corrected chi connectivity index (χ3v) is 3.83. The van der Waals surface area contributed by atoms with Gasteiger partial charge in [0.2, 0.25) is 11.8 Å². The van der Waals surface area contributed by atoms with E-state index in [9.17, 15) is 0 Å². The lowest BCUT2D eigenvalue weighted by Crippen LogP contribution is -2.36. The van der Waals surface area contributed by atoms with Gasteiger partial charge in [-0.3, -0.25) is 0 Å². The van der Waals surface area contributed by atoms with Crippen LogP contribution in [0.4, 0.5) is 0 Å². The summed E-state index contributed by atoms with van der Waals surface area (Å²) in [7, 11) is 0. The fraction of sp³-hybridized carbons (Fsp3) is 0.438. The van der Waals surface area contributed by atoms with Crippen molar-refractivity contribution < 1.29 is 9.15 Å². The van der Waals surface area contributed by atoms with E-state index >= 15 is 0 Å². The zero-order valence-electron chi connectivity index (χ0n) is 12.5. The number of nitrogens with zero attached hydrogens (tertiary/aromatic N) is 3. The second-order valence-corrected chi connectivity index (χ2v) is 5.41. The molecule has 6 heteroatoms. The molecule has 0 spiro atoms. The summed E-state index contributed by atoms with van der Waals surface area (Å²) >= 11 is 0. The quantitative estimate of drug-likeness (QED) is 0.911. The summed E-state index contributed by atoms with van der Waals surface area (Å²) in [4.78, 5) is 0. The summed E-state index contributed by atoms with van der Waals surface area (Å²) in [5, 5.41) is 20.2. The number of aromatic nitrogens is 2. The standard InChI is InChI=1S/C16H18N4O2/c1-11(14-3-2-8-21-14)18-10-15-19-20-16(22-15)13-6-4-12(9-17)5-7-13/h4-7,11,14,18H,2-3,8,10H2,1H3. The Labute approximate surface area is 129 Å². The third-order valence-electron chi connectivity index (χ3n) is 3.83. The first-order chi connectivity index (χ1) is 10.8. The van der Waals surface area contributed by atoms with E-state index in [1.54, 1.807) is 24.3 Å². The van der Waals surface area contributed by atoms with Crippen LogP contribution in [0.2, 0.25) is 0 Å². The van der Waals surface area contributed by atoms with E-state index in [4.69, 9.17) is 14.4 Å². The number of hydrogen-bond donors (Lipinski definition) is 1. The summed E-state index contributed by atoms with van der Waals surface area (Å²) in [5.41, 5.74) is 1.42. The Bertz CT molecular complexity index is 654. The molecule has 0 bridgehead atoms. The van der Waals surface area contributed by atoms with Gasteiger partial charge < -0.3 is 14.5 Å². The summed E-state index contributed by atoms with van der Waals surface area (Å²) in [6.45, 7) is 3.47. The van der Waals surface area contributed by atoms with E-state index in [0.717, 1.165) is 25.0 Å². The first-order valence-corrected chi connectivity index (χ1v) is 7.44. The molecule has 2 aromatic rings. The van der Waals surface area contributed by atoms with Gasteiger partial charge in [0.05, 0.1) is 24.3 Å². The van der Waals surface area contributed by atoms with Gasteiger partial charge in [0.25, 0.3) is 0 Å². The molecule has 1 aliphatic rings. The van der Waals surface area contributed by atoms with Crippen molar-refractivity contribution in [2.24, 2.45) is 0 Å². The van der Waals surface area contributed by atoms with Crippen LogP contribution >= 0.6 is 0 Å². The molecule has 1 aromatic heterocycles. The first-order valence-electron chi connectivity index (χ1n) is 7.44. The van der Waals surface area contributed by atoms with E-state index in [-0.39, 0.29) is 12.1 Å². The number of rotatable bonds is 5. The van der Waals surface area contributed by atoms with E-state index in [2.05, 4.69) is 28.5 Å². The van der Waals surface area contributed by atoms with Crippen molar-refractivity contribution in [2.75, 3.05) is 6.61 Å². The topological polar surface area (TPSA) is 84.0 Å². The van der Waals surface area contributed by atoms with Gasteiger partial charge in [-0.15, -0.1) is 10.2 Å².